The van der Waals surface area contributed by atoms with E-state index in [0.29, 0.717) is 0 Å². The van der Waals surface area contributed by atoms with E-state index in [1.165, 1.54) is 49.3 Å². The predicted molar refractivity (Wildman–Crippen MR) is 318 cm³/mol. The largest absolute Gasteiger partial charge is 0.500 e. The molecule has 0 radical (unpaired) electrons. The van der Waals surface area contributed by atoms with Crippen molar-refractivity contribution < 1.29 is 21.1 Å². The summed E-state index contributed by atoms with van der Waals surface area (Å²) in [4.78, 5) is 9.78. The van der Waals surface area contributed by atoms with Gasteiger partial charge in [-0.15, -0.1) is 29.4 Å². The van der Waals surface area contributed by atoms with E-state index < -0.39 is 8.07 Å². The Morgan fingerprint density at radius 1 is 0.461 bits per heavy atom. The second-order valence-corrected chi connectivity index (χ2v) is 25.5. The Morgan fingerprint density at radius 3 is 1.54 bits per heavy atom. The van der Waals surface area contributed by atoms with Gasteiger partial charge in [-0.1, -0.05) is 217 Å². The van der Waals surface area contributed by atoms with Crippen LogP contribution >= 0.6 is 0 Å². The molecule has 11 aromatic rings. The zero-order valence-electron chi connectivity index (χ0n) is 43.8. The average molecular weight is 1180 g/mol. The summed E-state index contributed by atoms with van der Waals surface area (Å²) < 4.78 is 2.33. The number of hydrogen-bond donors (Lipinski definition) is 0. The zero-order valence-corrected chi connectivity index (χ0v) is 47.0. The van der Waals surface area contributed by atoms with Crippen LogP contribution in [-0.4, -0.2) is 17.6 Å². The summed E-state index contributed by atoms with van der Waals surface area (Å²) in [7, 11) is -3.32. The number of para-hydroxylation sites is 1. The number of pyridine rings is 1. The van der Waals surface area contributed by atoms with Crippen molar-refractivity contribution in [1.82, 2.24) is 9.55 Å². The summed E-state index contributed by atoms with van der Waals surface area (Å²) in [5.41, 5.74) is 13.2. The predicted octanol–water partition coefficient (Wildman–Crippen LogP) is 14.8. The Labute approximate surface area is 463 Å². The third kappa shape index (κ3) is 9.27. The molecule has 0 spiro atoms. The summed E-state index contributed by atoms with van der Waals surface area (Å²) >= 11 is 0. The van der Waals surface area contributed by atoms with Gasteiger partial charge in [0.1, 0.15) is 13.9 Å². The number of fused-ring (bicyclic) bond motifs is 3. The minimum Gasteiger partial charge on any atom is -0.500 e. The molecule has 0 saturated heterocycles. The van der Waals surface area contributed by atoms with Gasteiger partial charge in [-0.3, -0.25) is 0 Å². The van der Waals surface area contributed by atoms with Crippen LogP contribution in [0.4, 0.5) is 11.4 Å². The van der Waals surface area contributed by atoms with Gasteiger partial charge in [0, 0.05) is 49.6 Å². The SMILES string of the molecule is CC(C)(C)C1=CN(c2[c-]c([Si](c3[c-]c4c(cc3)c3ccccc3n4-c3cc(C(C)(C)C)ccn3)(c3ccccc3)c3ccccc3)cc(-c3ccccc3)c2)[CH-]N1c1cc(-c2ccccc2)cc(-c2ccccc2)c1.[Pt]. The molecular weight excluding hydrogens is 1120 g/mol. The van der Waals surface area contributed by atoms with Gasteiger partial charge in [-0.2, -0.15) is 40.7 Å². The van der Waals surface area contributed by atoms with Crippen LogP contribution in [0.15, 0.2) is 249 Å². The van der Waals surface area contributed by atoms with Crippen molar-refractivity contribution in [3.05, 3.63) is 273 Å². The Balaban J connectivity index is 0.00000616. The van der Waals surface area contributed by atoms with Gasteiger partial charge < -0.3 is 14.4 Å². The average Bonchev–Trinajstić information content (AvgIpc) is 4.11. The maximum atomic E-state index is 5.08. The molecule has 376 valence electrons. The van der Waals surface area contributed by atoms with E-state index in [4.69, 9.17) is 4.98 Å². The topological polar surface area (TPSA) is 24.3 Å². The Morgan fingerprint density at radius 2 is 0.987 bits per heavy atom. The van der Waals surface area contributed by atoms with Crippen LogP contribution < -0.4 is 30.5 Å². The molecule has 0 aliphatic carbocycles. The van der Waals surface area contributed by atoms with Gasteiger partial charge >= 0.3 is 0 Å². The summed E-state index contributed by atoms with van der Waals surface area (Å²) in [6.45, 7) is 16.0. The summed E-state index contributed by atoms with van der Waals surface area (Å²) in [6.07, 6.45) is 4.28. The fraction of sp³-hybridized carbons (Fsp3) is 0.114. The number of allylic oxidation sites excluding steroid dienone is 1. The molecular formula is C70H59N4PtSi-3. The fourth-order valence-corrected chi connectivity index (χ4v) is 15.6. The molecule has 9 aromatic carbocycles. The van der Waals surface area contributed by atoms with Crippen LogP contribution in [0.5, 0.6) is 0 Å². The summed E-state index contributed by atoms with van der Waals surface area (Å²) in [5, 5.41) is 7.09. The first-order valence-electron chi connectivity index (χ1n) is 26.0. The minimum absolute atomic E-state index is 0. The molecule has 4 nitrogen and oxygen atoms in total. The number of anilines is 2. The van der Waals surface area contributed by atoms with Gasteiger partial charge in [0.05, 0.1) is 0 Å². The molecule has 6 heteroatoms. The number of rotatable bonds is 10. The molecule has 0 atom stereocenters. The standard InChI is InChI=1S/C70H59N4Si.Pt/c1-69(2,3)56-38-39-71-68(45-56)74-65-35-23-22-34-63(65)64-37-36-61(47-66(64)74)75(59-30-18-10-19-31-59,60-32-20-11-21-33-60)62-44-55(52-28-16-9-17-29-52)41-57(46-62)72-48-67(70(4,5)6)73(49-72)58-42-53(50-24-12-7-13-25-50)40-54(43-58)51-26-14-8-15-27-51;/h7-45,48-49H,1-6H3;/q-3;. The van der Waals surface area contributed by atoms with Crippen molar-refractivity contribution in [2.45, 2.75) is 47.0 Å². The van der Waals surface area contributed by atoms with Crippen molar-refractivity contribution in [3.63, 3.8) is 0 Å². The summed E-state index contributed by atoms with van der Waals surface area (Å²) in [6, 6.07) is 92.6. The molecule has 12 rings (SSSR count). The van der Waals surface area contributed by atoms with E-state index >= 15 is 0 Å². The maximum absolute atomic E-state index is 5.08. The number of aromatic nitrogens is 2. The van der Waals surface area contributed by atoms with E-state index in [-0.39, 0.29) is 31.9 Å². The third-order valence-corrected chi connectivity index (χ3v) is 19.4. The normalized spacial score (nSPS) is 13.0. The first-order valence-corrected chi connectivity index (χ1v) is 28.0. The van der Waals surface area contributed by atoms with Crippen LogP contribution in [0.25, 0.3) is 61.0 Å². The minimum atomic E-state index is -3.32. The van der Waals surface area contributed by atoms with Crippen molar-refractivity contribution in [2.75, 3.05) is 9.80 Å². The fourth-order valence-electron chi connectivity index (χ4n) is 11.0. The van der Waals surface area contributed by atoms with Gasteiger partial charge in [-0.05, 0) is 97.2 Å². The maximum Gasteiger partial charge on any atom is 0.135 e. The van der Waals surface area contributed by atoms with Crippen molar-refractivity contribution in [1.29, 1.82) is 0 Å². The Bertz CT molecular complexity index is 3780. The molecule has 1 aliphatic heterocycles. The molecule has 0 fully saturated rings. The van der Waals surface area contributed by atoms with Crippen LogP contribution in [0.2, 0.25) is 0 Å². The van der Waals surface area contributed by atoms with Gasteiger partial charge in [0.25, 0.3) is 0 Å². The number of benzene rings is 9. The van der Waals surface area contributed by atoms with Crippen LogP contribution in [0, 0.1) is 24.2 Å². The molecule has 0 unspecified atom stereocenters. The van der Waals surface area contributed by atoms with Crippen LogP contribution in [-0.2, 0) is 26.5 Å². The van der Waals surface area contributed by atoms with E-state index in [9.17, 15) is 0 Å². The van der Waals surface area contributed by atoms with Crippen molar-refractivity contribution in [3.8, 4) is 39.2 Å². The monoisotopic (exact) mass is 1180 g/mol. The molecule has 1 aliphatic rings. The smallest absolute Gasteiger partial charge is 0.135 e. The third-order valence-electron chi connectivity index (χ3n) is 14.8. The van der Waals surface area contributed by atoms with Crippen molar-refractivity contribution >= 4 is 62.0 Å². The van der Waals surface area contributed by atoms with Gasteiger partial charge in [0.2, 0.25) is 0 Å². The van der Waals surface area contributed by atoms with Crippen molar-refractivity contribution in [2.24, 2.45) is 5.41 Å². The summed E-state index contributed by atoms with van der Waals surface area (Å²) in [5.74, 6) is 0.884. The number of nitrogens with zero attached hydrogens (tertiary/aromatic N) is 4. The molecule has 0 saturated carbocycles. The molecule has 0 bridgehead atoms. The molecule has 0 amide bonds. The second kappa shape index (κ2) is 20.4. The Kier molecular flexibility index (Phi) is 13.5. The first-order chi connectivity index (χ1) is 36.4. The van der Waals surface area contributed by atoms with Crippen LogP contribution in [0.1, 0.15) is 47.1 Å². The van der Waals surface area contributed by atoms with Crippen LogP contribution in [0.3, 0.4) is 0 Å². The quantitative estimate of drug-likeness (QED) is 0.0775. The molecule has 3 heterocycles. The van der Waals surface area contributed by atoms with E-state index in [2.05, 4.69) is 311 Å². The van der Waals surface area contributed by atoms with Gasteiger partial charge in [-0.25, -0.2) is 4.98 Å². The van der Waals surface area contributed by atoms with E-state index in [1.807, 2.05) is 6.20 Å². The first kappa shape index (κ1) is 50.3. The molecule has 76 heavy (non-hydrogen) atoms. The van der Waals surface area contributed by atoms with E-state index in [0.717, 1.165) is 55.1 Å². The van der Waals surface area contributed by atoms with Gasteiger partial charge in [0.15, 0.2) is 0 Å². The molecule has 0 N–H and O–H groups in total. The molecule has 2 aromatic heterocycles. The number of hydrogen-bond acceptors (Lipinski definition) is 3. The Hall–Kier alpha value is -7.82. The second-order valence-electron chi connectivity index (χ2n) is 21.8. The van der Waals surface area contributed by atoms with E-state index in [1.54, 1.807) is 0 Å². The zero-order chi connectivity index (χ0) is 51.3.